The Morgan fingerprint density at radius 3 is 2.35 bits per heavy atom. The molecular weight excluding hydrogens is 358 g/mol. The van der Waals surface area contributed by atoms with Gasteiger partial charge in [0.15, 0.2) is 5.75 Å². The van der Waals surface area contributed by atoms with E-state index in [9.17, 15) is 27.6 Å². The van der Waals surface area contributed by atoms with Crippen LogP contribution in [0.3, 0.4) is 0 Å². The number of rotatable bonds is 9. The van der Waals surface area contributed by atoms with Crippen LogP contribution in [0.5, 0.6) is 11.5 Å². The first-order valence-corrected chi connectivity index (χ1v) is 7.57. The SMILES string of the molecule is CC(C)C(C)(C#N)NC(=O)CNc1ccc(OC(F)F)cc1OC(F)F. The fourth-order valence-corrected chi connectivity index (χ4v) is 1.83. The number of amides is 1. The van der Waals surface area contributed by atoms with Gasteiger partial charge in [-0.25, -0.2) is 0 Å². The number of benzene rings is 1. The number of alkyl halides is 4. The third-order valence-corrected chi connectivity index (χ3v) is 3.62. The minimum absolute atomic E-state index is 0.0229. The highest BCUT2D eigenvalue weighted by molar-refractivity contribution is 5.82. The summed E-state index contributed by atoms with van der Waals surface area (Å²) in [6.07, 6.45) is 0. The topological polar surface area (TPSA) is 83.4 Å². The molecule has 0 spiro atoms. The van der Waals surface area contributed by atoms with Gasteiger partial charge in [-0.1, -0.05) is 13.8 Å². The molecule has 1 atom stereocenters. The summed E-state index contributed by atoms with van der Waals surface area (Å²) in [6.45, 7) is -1.61. The smallest absolute Gasteiger partial charge is 0.387 e. The number of nitrogens with zero attached hydrogens (tertiary/aromatic N) is 1. The monoisotopic (exact) mass is 377 g/mol. The Morgan fingerprint density at radius 2 is 1.85 bits per heavy atom. The third kappa shape index (κ3) is 6.31. The predicted molar refractivity (Wildman–Crippen MR) is 85.2 cm³/mol. The molecule has 0 aliphatic carbocycles. The van der Waals surface area contributed by atoms with Gasteiger partial charge in [-0.3, -0.25) is 4.79 Å². The van der Waals surface area contributed by atoms with E-state index in [0.29, 0.717) is 0 Å². The Bertz CT molecular complexity index is 665. The lowest BCUT2D eigenvalue weighted by Crippen LogP contribution is -2.50. The molecule has 0 aliphatic rings. The van der Waals surface area contributed by atoms with Crippen LogP contribution in [-0.2, 0) is 4.79 Å². The molecule has 144 valence electrons. The van der Waals surface area contributed by atoms with E-state index in [0.717, 1.165) is 18.2 Å². The van der Waals surface area contributed by atoms with Crippen molar-refractivity contribution in [2.75, 3.05) is 11.9 Å². The van der Waals surface area contributed by atoms with Gasteiger partial charge in [-0.15, -0.1) is 0 Å². The first kappa shape index (κ1) is 21.3. The Hall–Kier alpha value is -2.70. The molecule has 0 aromatic heterocycles. The van der Waals surface area contributed by atoms with Crippen molar-refractivity contribution in [2.24, 2.45) is 5.92 Å². The van der Waals surface area contributed by atoms with Crippen LogP contribution in [-0.4, -0.2) is 31.2 Å². The quantitative estimate of drug-likeness (QED) is 0.645. The zero-order valence-electron chi connectivity index (χ0n) is 14.4. The van der Waals surface area contributed by atoms with Gasteiger partial charge in [-0.05, 0) is 25.0 Å². The van der Waals surface area contributed by atoms with E-state index in [1.54, 1.807) is 20.8 Å². The minimum atomic E-state index is -3.20. The Labute approximate surface area is 148 Å². The lowest BCUT2D eigenvalue weighted by molar-refractivity contribution is -0.121. The van der Waals surface area contributed by atoms with Crippen LogP contribution < -0.4 is 20.1 Å². The predicted octanol–water partition coefficient (Wildman–Crippen LogP) is 3.36. The minimum Gasteiger partial charge on any atom is -0.435 e. The fraction of sp³-hybridized carbons (Fsp3) is 0.500. The van der Waals surface area contributed by atoms with Crippen LogP contribution >= 0.6 is 0 Å². The molecule has 0 aliphatic heterocycles. The average Bonchev–Trinajstić information content (AvgIpc) is 2.52. The highest BCUT2D eigenvalue weighted by atomic mass is 19.3. The largest absolute Gasteiger partial charge is 0.435 e. The lowest BCUT2D eigenvalue weighted by atomic mass is 9.90. The fourth-order valence-electron chi connectivity index (χ4n) is 1.83. The number of hydrogen-bond donors (Lipinski definition) is 2. The maximum Gasteiger partial charge on any atom is 0.387 e. The summed E-state index contributed by atoms with van der Waals surface area (Å²) in [5, 5.41) is 14.3. The average molecular weight is 377 g/mol. The zero-order chi connectivity index (χ0) is 19.9. The maximum absolute atomic E-state index is 12.5. The molecule has 1 rings (SSSR count). The number of anilines is 1. The highest BCUT2D eigenvalue weighted by Gasteiger charge is 2.29. The molecule has 2 N–H and O–H groups in total. The van der Waals surface area contributed by atoms with Crippen molar-refractivity contribution < 1.29 is 31.8 Å². The van der Waals surface area contributed by atoms with Crippen molar-refractivity contribution in [2.45, 2.75) is 39.5 Å². The molecule has 1 aromatic rings. The second kappa shape index (κ2) is 9.12. The molecule has 0 bridgehead atoms. The van der Waals surface area contributed by atoms with E-state index in [-0.39, 0.29) is 23.9 Å². The summed E-state index contributed by atoms with van der Waals surface area (Å²) < 4.78 is 57.8. The second-order valence-corrected chi connectivity index (χ2v) is 5.79. The number of carbonyl (C=O) groups excluding carboxylic acids is 1. The van der Waals surface area contributed by atoms with Gasteiger partial charge in [-0.2, -0.15) is 22.8 Å². The number of carbonyl (C=O) groups is 1. The summed E-state index contributed by atoms with van der Waals surface area (Å²) in [7, 11) is 0. The number of hydrogen-bond acceptors (Lipinski definition) is 5. The van der Waals surface area contributed by atoms with E-state index in [2.05, 4.69) is 20.1 Å². The first-order valence-electron chi connectivity index (χ1n) is 7.57. The van der Waals surface area contributed by atoms with Crippen molar-refractivity contribution in [3.05, 3.63) is 18.2 Å². The Balaban J connectivity index is 2.85. The summed E-state index contributed by atoms with van der Waals surface area (Å²) >= 11 is 0. The number of halogens is 4. The van der Waals surface area contributed by atoms with Crippen LogP contribution in [0, 0.1) is 17.2 Å². The molecule has 26 heavy (non-hydrogen) atoms. The van der Waals surface area contributed by atoms with Gasteiger partial charge in [0.1, 0.15) is 11.3 Å². The molecule has 0 radical (unpaired) electrons. The molecule has 0 saturated heterocycles. The maximum atomic E-state index is 12.5. The summed E-state index contributed by atoms with van der Waals surface area (Å²) in [5.41, 5.74) is -1.12. The molecular formula is C16H19F4N3O3. The molecule has 0 saturated carbocycles. The first-order chi connectivity index (χ1) is 12.1. The molecule has 0 fully saturated rings. The molecule has 6 nitrogen and oxygen atoms in total. The summed E-state index contributed by atoms with van der Waals surface area (Å²) in [6, 6.07) is 5.12. The van der Waals surface area contributed by atoms with Crippen LogP contribution in [0.25, 0.3) is 0 Å². The Kier molecular flexibility index (Phi) is 7.49. The second-order valence-electron chi connectivity index (χ2n) is 5.79. The number of nitrogens with one attached hydrogen (secondary N) is 2. The molecule has 0 heterocycles. The van der Waals surface area contributed by atoms with Gasteiger partial charge in [0, 0.05) is 6.07 Å². The molecule has 10 heteroatoms. The van der Waals surface area contributed by atoms with E-state index >= 15 is 0 Å². The van der Waals surface area contributed by atoms with Crippen molar-refractivity contribution >= 4 is 11.6 Å². The Morgan fingerprint density at radius 1 is 1.23 bits per heavy atom. The highest BCUT2D eigenvalue weighted by Crippen LogP contribution is 2.31. The van der Waals surface area contributed by atoms with Gasteiger partial charge < -0.3 is 20.1 Å². The van der Waals surface area contributed by atoms with Crippen LogP contribution in [0.1, 0.15) is 20.8 Å². The van der Waals surface area contributed by atoms with Crippen molar-refractivity contribution in [3.8, 4) is 17.6 Å². The van der Waals surface area contributed by atoms with E-state index in [1.165, 1.54) is 0 Å². The number of ether oxygens (including phenoxy) is 2. The molecule has 1 aromatic carbocycles. The van der Waals surface area contributed by atoms with Gasteiger partial charge >= 0.3 is 13.2 Å². The van der Waals surface area contributed by atoms with Crippen molar-refractivity contribution in [1.82, 2.24) is 5.32 Å². The van der Waals surface area contributed by atoms with E-state index in [4.69, 9.17) is 0 Å². The number of nitriles is 1. The van der Waals surface area contributed by atoms with Gasteiger partial charge in [0.05, 0.1) is 18.3 Å². The third-order valence-electron chi connectivity index (χ3n) is 3.62. The summed E-state index contributed by atoms with van der Waals surface area (Å²) in [5.74, 6) is -1.56. The standard InChI is InChI=1S/C16H19F4N3O3/c1-9(2)16(3,8-21)23-13(24)7-22-11-5-4-10(25-14(17)18)6-12(11)26-15(19)20/h4-6,9,14-15,22H,7H2,1-3H3,(H,23,24). The van der Waals surface area contributed by atoms with Crippen LogP contribution in [0.15, 0.2) is 18.2 Å². The zero-order valence-corrected chi connectivity index (χ0v) is 14.4. The van der Waals surface area contributed by atoms with Gasteiger partial charge in [0.25, 0.3) is 0 Å². The van der Waals surface area contributed by atoms with E-state index < -0.39 is 30.4 Å². The lowest BCUT2D eigenvalue weighted by Gasteiger charge is -2.27. The summed E-state index contributed by atoms with van der Waals surface area (Å²) in [4.78, 5) is 12.0. The molecule has 1 amide bonds. The van der Waals surface area contributed by atoms with Crippen LogP contribution in [0.4, 0.5) is 23.2 Å². The molecule has 1 unspecified atom stereocenters. The van der Waals surface area contributed by atoms with Crippen molar-refractivity contribution in [1.29, 1.82) is 5.26 Å². The van der Waals surface area contributed by atoms with Crippen molar-refractivity contribution in [3.63, 3.8) is 0 Å². The normalized spacial score (nSPS) is 13.3. The van der Waals surface area contributed by atoms with Gasteiger partial charge in [0.2, 0.25) is 5.91 Å². The van der Waals surface area contributed by atoms with E-state index in [1.807, 2.05) is 6.07 Å². The van der Waals surface area contributed by atoms with Crippen LogP contribution in [0.2, 0.25) is 0 Å².